The van der Waals surface area contributed by atoms with Crippen molar-refractivity contribution in [2.75, 3.05) is 20.2 Å². The Bertz CT molecular complexity index is 1330. The zero-order chi connectivity index (χ0) is 24.2. The van der Waals surface area contributed by atoms with Crippen LogP contribution in [0.2, 0.25) is 0 Å². The molecule has 0 unspecified atom stereocenters. The number of aryl methyl sites for hydroxylation is 1. The van der Waals surface area contributed by atoms with Crippen molar-refractivity contribution in [1.29, 1.82) is 0 Å². The second-order valence-corrected chi connectivity index (χ2v) is 8.66. The van der Waals surface area contributed by atoms with Crippen LogP contribution in [0, 0.1) is 6.92 Å². The molecule has 1 N–H and O–H groups in total. The first-order valence-electron chi connectivity index (χ1n) is 11.7. The van der Waals surface area contributed by atoms with E-state index in [1.54, 1.807) is 7.11 Å². The van der Waals surface area contributed by atoms with Gasteiger partial charge in [0.25, 0.3) is 0 Å². The second-order valence-electron chi connectivity index (χ2n) is 8.66. The average molecular weight is 477 g/mol. The van der Waals surface area contributed by atoms with Crippen LogP contribution in [0.4, 0.5) is 0 Å². The Balaban J connectivity index is 1.36. The van der Waals surface area contributed by atoms with Crippen molar-refractivity contribution < 1.29 is 18.4 Å². The van der Waals surface area contributed by atoms with Gasteiger partial charge in [-0.15, -0.1) is 0 Å². The van der Waals surface area contributed by atoms with Gasteiger partial charge in [0.1, 0.15) is 29.6 Å². The third kappa shape index (κ3) is 5.30. The Hall–Kier alpha value is -3.85. The Morgan fingerprint density at radius 2 is 1.83 bits per heavy atom. The summed E-state index contributed by atoms with van der Waals surface area (Å²) in [5, 5.41) is 3.76. The summed E-state index contributed by atoms with van der Waals surface area (Å²) in [4.78, 5) is 21.0. The third-order valence-electron chi connectivity index (χ3n) is 6.20. The lowest BCUT2D eigenvalue weighted by molar-refractivity contribution is 0.202. The number of benzene rings is 2. The fraction of sp³-hybridized carbons (Fsp3) is 0.346. The van der Waals surface area contributed by atoms with Gasteiger partial charge < -0.3 is 13.9 Å². The minimum Gasteiger partial charge on any atom is -0.497 e. The highest BCUT2D eigenvalue weighted by Crippen LogP contribution is 2.28. The summed E-state index contributed by atoms with van der Waals surface area (Å²) in [5.41, 5.74) is 3.35. The van der Waals surface area contributed by atoms with Crippen molar-refractivity contribution >= 4 is 0 Å². The molecule has 0 spiro atoms. The number of rotatable bonds is 8. The minimum absolute atomic E-state index is 0.280. The van der Waals surface area contributed by atoms with Crippen molar-refractivity contribution in [2.45, 2.75) is 39.3 Å². The Morgan fingerprint density at radius 1 is 1.06 bits per heavy atom. The maximum atomic E-state index is 11.3. The number of ether oxygens (including phenoxy) is 2. The summed E-state index contributed by atoms with van der Waals surface area (Å²) in [7, 11) is 1.64. The molecule has 0 amide bonds. The molecule has 1 aliphatic rings. The average Bonchev–Trinajstić information content (AvgIpc) is 3.49. The summed E-state index contributed by atoms with van der Waals surface area (Å²) in [6.45, 7) is 5.03. The summed E-state index contributed by atoms with van der Waals surface area (Å²) in [6, 6.07) is 13.3. The number of hydrogen-bond acceptors (Lipinski definition) is 8. The van der Waals surface area contributed by atoms with Crippen LogP contribution in [-0.2, 0) is 13.2 Å². The van der Waals surface area contributed by atoms with E-state index >= 15 is 0 Å². The van der Waals surface area contributed by atoms with Crippen LogP contribution in [0.25, 0.3) is 22.8 Å². The fourth-order valence-electron chi connectivity index (χ4n) is 4.29. The summed E-state index contributed by atoms with van der Waals surface area (Å²) in [6.07, 6.45) is 3.68. The van der Waals surface area contributed by atoms with E-state index in [2.05, 4.69) is 19.6 Å². The molecule has 0 bridgehead atoms. The predicted molar refractivity (Wildman–Crippen MR) is 129 cm³/mol. The van der Waals surface area contributed by atoms with Crippen LogP contribution in [0.3, 0.4) is 0 Å². The van der Waals surface area contributed by atoms with Crippen LogP contribution in [0.5, 0.6) is 11.5 Å². The van der Waals surface area contributed by atoms with Gasteiger partial charge >= 0.3 is 5.76 Å². The van der Waals surface area contributed by atoms with E-state index in [1.807, 2.05) is 49.4 Å². The summed E-state index contributed by atoms with van der Waals surface area (Å²) in [5.74, 6) is 2.68. The molecule has 1 fully saturated rings. The van der Waals surface area contributed by atoms with Gasteiger partial charge in [0.2, 0.25) is 5.89 Å². The molecule has 0 saturated carbocycles. The van der Waals surface area contributed by atoms with E-state index in [4.69, 9.17) is 18.9 Å². The van der Waals surface area contributed by atoms with Gasteiger partial charge in [0.05, 0.1) is 13.7 Å². The first-order valence-corrected chi connectivity index (χ1v) is 11.7. The molecule has 4 aromatic rings. The number of nitrogens with one attached hydrogen (secondary N) is 1. The maximum Gasteiger partial charge on any atom is 0.439 e. The number of nitrogens with zero attached hydrogens (tertiary/aromatic N) is 3. The molecular formula is C26H28N4O5. The van der Waals surface area contributed by atoms with Crippen molar-refractivity contribution in [3.05, 3.63) is 70.0 Å². The van der Waals surface area contributed by atoms with E-state index in [1.165, 1.54) is 19.3 Å². The third-order valence-corrected chi connectivity index (χ3v) is 6.20. The fourth-order valence-corrected chi connectivity index (χ4v) is 4.29. The second kappa shape index (κ2) is 10.2. The molecule has 2 aromatic heterocycles. The van der Waals surface area contributed by atoms with Gasteiger partial charge in [-0.25, -0.2) is 9.78 Å². The number of likely N-dealkylation sites (tertiary alicyclic amines) is 1. The first kappa shape index (κ1) is 22.9. The lowest BCUT2D eigenvalue weighted by Gasteiger charge is -2.25. The molecule has 0 radical (unpaired) electrons. The minimum atomic E-state index is -0.584. The van der Waals surface area contributed by atoms with Crippen LogP contribution in [-0.4, -0.2) is 40.2 Å². The van der Waals surface area contributed by atoms with Gasteiger partial charge in [-0.1, -0.05) is 11.6 Å². The standard InChI is InChI=1S/C26H28N4O5/c1-17-14-20(10-11-21(17)24-28-26(31)35-29-24)33-16-22-23(15-30-12-4-3-5-13-30)34-25(27-22)18-6-8-19(32-2)9-7-18/h6-11,14H,3-5,12-13,15-16H2,1-2H3,(H,28,29,31). The summed E-state index contributed by atoms with van der Waals surface area (Å²) < 4.78 is 22.2. The van der Waals surface area contributed by atoms with Crippen LogP contribution in [0.1, 0.15) is 36.3 Å². The predicted octanol–water partition coefficient (Wildman–Crippen LogP) is 4.57. The molecule has 1 aliphatic heterocycles. The van der Waals surface area contributed by atoms with Crippen molar-refractivity contribution in [3.8, 4) is 34.3 Å². The highest BCUT2D eigenvalue weighted by atomic mass is 16.5. The van der Waals surface area contributed by atoms with Crippen LogP contribution in [0.15, 0.2) is 56.2 Å². The Labute approximate surface area is 202 Å². The van der Waals surface area contributed by atoms with Gasteiger partial charge in [0.15, 0.2) is 5.82 Å². The molecule has 35 heavy (non-hydrogen) atoms. The molecular weight excluding hydrogens is 448 g/mol. The molecule has 9 nitrogen and oxygen atoms in total. The number of H-pyrrole nitrogens is 1. The number of aromatic nitrogens is 3. The Morgan fingerprint density at radius 3 is 2.51 bits per heavy atom. The maximum absolute atomic E-state index is 11.3. The molecule has 0 aliphatic carbocycles. The number of aromatic amines is 1. The van der Waals surface area contributed by atoms with Gasteiger partial charge in [-0.2, -0.15) is 0 Å². The lowest BCUT2D eigenvalue weighted by Crippen LogP contribution is -2.29. The number of oxazole rings is 1. The molecule has 1 saturated heterocycles. The quantitative estimate of drug-likeness (QED) is 0.394. The Kier molecular flexibility index (Phi) is 6.67. The van der Waals surface area contributed by atoms with Crippen molar-refractivity contribution in [3.63, 3.8) is 0 Å². The van der Waals surface area contributed by atoms with Crippen molar-refractivity contribution in [1.82, 2.24) is 20.0 Å². The first-order chi connectivity index (χ1) is 17.1. The van der Waals surface area contributed by atoms with Crippen LogP contribution >= 0.6 is 0 Å². The normalized spacial score (nSPS) is 14.2. The number of hydrogen-bond donors (Lipinski definition) is 1. The molecule has 5 rings (SSSR count). The zero-order valence-electron chi connectivity index (χ0n) is 19.9. The largest absolute Gasteiger partial charge is 0.497 e. The molecule has 3 heterocycles. The number of piperidine rings is 1. The number of methoxy groups -OCH3 is 1. The van der Waals surface area contributed by atoms with Gasteiger partial charge in [-0.05, 0) is 80.9 Å². The van der Waals surface area contributed by atoms with Gasteiger partial charge in [0, 0.05) is 11.1 Å². The highest BCUT2D eigenvalue weighted by molar-refractivity contribution is 5.60. The molecule has 182 valence electrons. The summed E-state index contributed by atoms with van der Waals surface area (Å²) >= 11 is 0. The van der Waals surface area contributed by atoms with Crippen LogP contribution < -0.4 is 15.2 Å². The van der Waals surface area contributed by atoms with E-state index in [-0.39, 0.29) is 6.61 Å². The lowest BCUT2D eigenvalue weighted by atomic mass is 10.1. The topological polar surface area (TPSA) is 107 Å². The van der Waals surface area contributed by atoms with E-state index in [0.717, 1.165) is 47.0 Å². The van der Waals surface area contributed by atoms with Gasteiger partial charge in [-0.3, -0.25) is 14.4 Å². The van der Waals surface area contributed by atoms with E-state index in [9.17, 15) is 4.79 Å². The molecule has 9 heteroatoms. The van der Waals surface area contributed by atoms with E-state index < -0.39 is 5.76 Å². The van der Waals surface area contributed by atoms with E-state index in [0.29, 0.717) is 24.0 Å². The molecule has 0 atom stereocenters. The highest BCUT2D eigenvalue weighted by Gasteiger charge is 2.20. The SMILES string of the molecule is COc1ccc(-c2nc(COc3ccc(-c4noc(=O)[nH]4)c(C)c3)c(CN3CCCCC3)o2)cc1. The molecule has 2 aromatic carbocycles. The zero-order valence-corrected chi connectivity index (χ0v) is 19.9. The smallest absolute Gasteiger partial charge is 0.439 e. The van der Waals surface area contributed by atoms with Crippen molar-refractivity contribution in [2.24, 2.45) is 0 Å². The monoisotopic (exact) mass is 476 g/mol.